The number of benzene rings is 2. The highest BCUT2D eigenvalue weighted by Crippen LogP contribution is 2.37. The Morgan fingerprint density at radius 2 is 1.70 bits per heavy atom. The minimum Gasteiger partial charge on any atom is -0.493 e. The number of nitro groups is 1. The van der Waals surface area contributed by atoms with Crippen molar-refractivity contribution < 1.29 is 19.2 Å². The Hall–Kier alpha value is -2.36. The van der Waals surface area contributed by atoms with Crippen LogP contribution in [-0.4, -0.2) is 25.1 Å². The number of nitrogens with zero attached hydrogens (tertiary/aromatic N) is 1. The van der Waals surface area contributed by atoms with Crippen LogP contribution in [0.15, 0.2) is 36.4 Å². The van der Waals surface area contributed by atoms with Crippen molar-refractivity contribution in [3.05, 3.63) is 55.6 Å². The lowest BCUT2D eigenvalue weighted by Crippen LogP contribution is -2.13. The molecule has 0 fully saturated rings. The summed E-state index contributed by atoms with van der Waals surface area (Å²) in [6.45, 7) is 0. The number of amides is 1. The van der Waals surface area contributed by atoms with Crippen LogP contribution in [0.1, 0.15) is 10.4 Å². The molecule has 2 aromatic carbocycles. The molecule has 0 atom stereocenters. The predicted molar refractivity (Wildman–Crippen MR) is 93.3 cm³/mol. The molecule has 7 nitrogen and oxygen atoms in total. The molecule has 0 aliphatic heterocycles. The molecule has 0 radical (unpaired) electrons. The summed E-state index contributed by atoms with van der Waals surface area (Å²) in [6, 6.07) is 9.41. The van der Waals surface area contributed by atoms with Crippen molar-refractivity contribution in [2.45, 2.75) is 0 Å². The third-order valence-electron chi connectivity index (χ3n) is 3.05. The van der Waals surface area contributed by atoms with Crippen molar-refractivity contribution in [2.75, 3.05) is 19.5 Å². The number of nitrogens with one attached hydrogen (secondary N) is 1. The van der Waals surface area contributed by atoms with Gasteiger partial charge in [-0.25, -0.2) is 0 Å². The van der Waals surface area contributed by atoms with Gasteiger partial charge in [0.25, 0.3) is 11.6 Å². The summed E-state index contributed by atoms with van der Waals surface area (Å²) in [4.78, 5) is 22.9. The van der Waals surface area contributed by atoms with Crippen molar-refractivity contribution in [3.8, 4) is 11.5 Å². The van der Waals surface area contributed by atoms with Crippen LogP contribution in [0, 0.1) is 13.7 Å². The SMILES string of the molecule is COc1cc(NC(=O)c2ccc(I)cc2)c([N+](=O)[O-])cc1OC. The van der Waals surface area contributed by atoms with Crippen LogP contribution in [0.25, 0.3) is 0 Å². The molecule has 0 aromatic heterocycles. The van der Waals surface area contributed by atoms with Gasteiger partial charge in [0.2, 0.25) is 0 Å². The number of nitro benzene ring substituents is 1. The average molecular weight is 428 g/mol. The zero-order valence-corrected chi connectivity index (χ0v) is 14.5. The summed E-state index contributed by atoms with van der Waals surface area (Å²) < 4.78 is 11.1. The van der Waals surface area contributed by atoms with Gasteiger partial charge in [-0.15, -0.1) is 0 Å². The lowest BCUT2D eigenvalue weighted by atomic mass is 10.2. The quantitative estimate of drug-likeness (QED) is 0.448. The highest BCUT2D eigenvalue weighted by Gasteiger charge is 2.21. The normalized spacial score (nSPS) is 10.0. The number of ether oxygens (including phenoxy) is 2. The first kappa shape index (κ1) is 17.0. The van der Waals surface area contributed by atoms with Crippen LogP contribution >= 0.6 is 22.6 Å². The Labute approximate surface area is 145 Å². The summed E-state index contributed by atoms with van der Waals surface area (Å²) in [5.74, 6) is 0.0548. The maximum atomic E-state index is 12.2. The van der Waals surface area contributed by atoms with Crippen LogP contribution in [0.4, 0.5) is 11.4 Å². The molecule has 0 heterocycles. The van der Waals surface area contributed by atoms with Gasteiger partial charge >= 0.3 is 0 Å². The molecule has 0 saturated carbocycles. The minimum atomic E-state index is -0.592. The predicted octanol–water partition coefficient (Wildman–Crippen LogP) is 3.47. The molecule has 2 rings (SSSR count). The number of anilines is 1. The van der Waals surface area contributed by atoms with Gasteiger partial charge in [-0.2, -0.15) is 0 Å². The van der Waals surface area contributed by atoms with Crippen LogP contribution in [0.5, 0.6) is 11.5 Å². The van der Waals surface area contributed by atoms with Crippen molar-refractivity contribution in [2.24, 2.45) is 0 Å². The topological polar surface area (TPSA) is 90.7 Å². The van der Waals surface area contributed by atoms with E-state index in [4.69, 9.17) is 9.47 Å². The Kier molecular flexibility index (Phi) is 5.37. The third kappa shape index (κ3) is 3.89. The van der Waals surface area contributed by atoms with E-state index in [0.717, 1.165) is 3.57 Å². The third-order valence-corrected chi connectivity index (χ3v) is 3.77. The molecular weight excluding hydrogens is 415 g/mol. The van der Waals surface area contributed by atoms with Crippen molar-refractivity contribution in [3.63, 3.8) is 0 Å². The molecule has 2 aromatic rings. The first-order valence-electron chi connectivity index (χ1n) is 6.43. The zero-order chi connectivity index (χ0) is 17.0. The smallest absolute Gasteiger partial charge is 0.296 e. The molecule has 23 heavy (non-hydrogen) atoms. The van der Waals surface area contributed by atoms with Crippen molar-refractivity contribution in [1.29, 1.82) is 0 Å². The van der Waals surface area contributed by atoms with E-state index >= 15 is 0 Å². The molecular formula is C15H13IN2O5. The van der Waals surface area contributed by atoms with Gasteiger partial charge in [-0.05, 0) is 46.9 Å². The summed E-state index contributed by atoms with van der Waals surface area (Å²) in [5.41, 5.74) is 0.159. The van der Waals surface area contributed by atoms with Gasteiger partial charge in [0.15, 0.2) is 11.5 Å². The van der Waals surface area contributed by atoms with Crippen LogP contribution in [0.3, 0.4) is 0 Å². The van der Waals surface area contributed by atoms with Gasteiger partial charge < -0.3 is 14.8 Å². The van der Waals surface area contributed by atoms with Crippen molar-refractivity contribution >= 4 is 39.9 Å². The fraction of sp³-hybridized carbons (Fsp3) is 0.133. The summed E-state index contributed by atoms with van der Waals surface area (Å²) in [6.07, 6.45) is 0. The van der Waals surface area contributed by atoms with Gasteiger partial charge in [-0.3, -0.25) is 14.9 Å². The molecule has 0 bridgehead atoms. The number of hydrogen-bond acceptors (Lipinski definition) is 5. The second kappa shape index (κ2) is 7.27. The summed E-state index contributed by atoms with van der Waals surface area (Å²) >= 11 is 2.12. The van der Waals surface area contributed by atoms with Crippen molar-refractivity contribution in [1.82, 2.24) is 0 Å². The minimum absolute atomic E-state index is 0.0381. The Bertz CT molecular complexity index is 746. The van der Waals surface area contributed by atoms with E-state index in [2.05, 4.69) is 27.9 Å². The van der Waals surface area contributed by atoms with Gasteiger partial charge in [-0.1, -0.05) is 0 Å². The number of carbonyl (C=O) groups is 1. The van der Waals surface area contributed by atoms with Crippen LogP contribution in [-0.2, 0) is 0 Å². The number of rotatable bonds is 5. The number of methoxy groups -OCH3 is 2. The molecule has 1 amide bonds. The van der Waals surface area contributed by atoms with E-state index in [1.807, 2.05) is 0 Å². The highest BCUT2D eigenvalue weighted by atomic mass is 127. The van der Waals surface area contributed by atoms with E-state index in [0.29, 0.717) is 5.56 Å². The zero-order valence-electron chi connectivity index (χ0n) is 12.3. The number of hydrogen-bond donors (Lipinski definition) is 1. The number of halogens is 1. The van der Waals surface area contributed by atoms with E-state index < -0.39 is 10.8 Å². The van der Waals surface area contributed by atoms with E-state index in [1.54, 1.807) is 24.3 Å². The summed E-state index contributed by atoms with van der Waals surface area (Å²) in [7, 11) is 2.79. The fourth-order valence-corrected chi connectivity index (χ4v) is 2.27. The van der Waals surface area contributed by atoms with E-state index in [1.165, 1.54) is 26.4 Å². The van der Waals surface area contributed by atoms with E-state index in [9.17, 15) is 14.9 Å². The van der Waals surface area contributed by atoms with E-state index in [-0.39, 0.29) is 22.9 Å². The lowest BCUT2D eigenvalue weighted by Gasteiger charge is -2.11. The fourth-order valence-electron chi connectivity index (χ4n) is 1.92. The van der Waals surface area contributed by atoms with Crippen LogP contribution in [0.2, 0.25) is 0 Å². The monoisotopic (exact) mass is 428 g/mol. The standard InChI is InChI=1S/C15H13IN2O5/c1-22-13-7-11(12(18(20)21)8-14(13)23-2)17-15(19)9-3-5-10(16)6-4-9/h3-8H,1-2H3,(H,17,19). The summed E-state index contributed by atoms with van der Waals surface area (Å²) in [5, 5.41) is 13.7. The molecule has 1 N–H and O–H groups in total. The highest BCUT2D eigenvalue weighted by molar-refractivity contribution is 14.1. The average Bonchev–Trinajstić information content (AvgIpc) is 2.54. The molecule has 0 unspecified atom stereocenters. The molecule has 8 heteroatoms. The number of carbonyl (C=O) groups excluding carboxylic acids is 1. The molecule has 0 aliphatic rings. The van der Waals surface area contributed by atoms with Gasteiger partial charge in [0, 0.05) is 15.2 Å². The van der Waals surface area contributed by atoms with Gasteiger partial charge in [0.05, 0.1) is 25.2 Å². The maximum Gasteiger partial charge on any atom is 0.296 e. The first-order chi connectivity index (χ1) is 11.0. The first-order valence-corrected chi connectivity index (χ1v) is 7.51. The molecule has 0 aliphatic carbocycles. The van der Waals surface area contributed by atoms with Crippen LogP contribution < -0.4 is 14.8 Å². The molecule has 0 saturated heterocycles. The lowest BCUT2D eigenvalue weighted by molar-refractivity contribution is -0.384. The second-order valence-electron chi connectivity index (χ2n) is 4.44. The Morgan fingerprint density at radius 1 is 1.13 bits per heavy atom. The maximum absolute atomic E-state index is 12.2. The second-order valence-corrected chi connectivity index (χ2v) is 5.69. The Morgan fingerprint density at radius 3 is 2.22 bits per heavy atom. The molecule has 120 valence electrons. The van der Waals surface area contributed by atoms with Gasteiger partial charge in [0.1, 0.15) is 5.69 Å². The molecule has 0 spiro atoms. The largest absolute Gasteiger partial charge is 0.493 e. The Balaban J connectivity index is 2.39.